The van der Waals surface area contributed by atoms with Crippen LogP contribution in [0, 0.1) is 6.92 Å². The molecule has 33 heavy (non-hydrogen) atoms. The topological polar surface area (TPSA) is 188 Å². The number of aryl methyl sites for hydroxylation is 1. The third kappa shape index (κ3) is 5.79. The number of anilines is 4. The van der Waals surface area contributed by atoms with Crippen molar-refractivity contribution in [1.29, 1.82) is 0 Å². The molecular formula is C21H27N7O5. The average Bonchev–Trinajstić information content (AvgIpc) is 2.76. The molecule has 2 aromatic rings. The van der Waals surface area contributed by atoms with Gasteiger partial charge in [-0.05, 0) is 37.6 Å². The van der Waals surface area contributed by atoms with Crippen LogP contribution in [0.25, 0.3) is 0 Å². The predicted octanol–water partition coefficient (Wildman–Crippen LogP) is 0.324. The van der Waals surface area contributed by atoms with E-state index in [0.717, 1.165) is 17.1 Å². The van der Waals surface area contributed by atoms with Crippen LogP contribution in [0.5, 0.6) is 0 Å². The lowest BCUT2D eigenvalue weighted by Gasteiger charge is -2.38. The molecule has 0 bridgehead atoms. The second-order valence-corrected chi connectivity index (χ2v) is 7.72. The fourth-order valence-electron chi connectivity index (χ4n) is 3.78. The Morgan fingerprint density at radius 3 is 2.18 bits per heavy atom. The Morgan fingerprint density at radius 2 is 1.64 bits per heavy atom. The van der Waals surface area contributed by atoms with Gasteiger partial charge in [-0.1, -0.05) is 0 Å². The van der Waals surface area contributed by atoms with Crippen molar-refractivity contribution in [1.82, 2.24) is 15.3 Å². The molecule has 1 saturated heterocycles. The Hall–Kier alpha value is -4.09. The van der Waals surface area contributed by atoms with E-state index in [0.29, 0.717) is 37.6 Å². The first kappa shape index (κ1) is 23.6. The zero-order valence-electron chi connectivity index (χ0n) is 18.2. The molecule has 1 atom stereocenters. The number of aromatic nitrogens is 2. The first-order valence-corrected chi connectivity index (χ1v) is 10.4. The van der Waals surface area contributed by atoms with Crippen molar-refractivity contribution in [3.05, 3.63) is 35.5 Å². The van der Waals surface area contributed by atoms with Gasteiger partial charge in [-0.15, -0.1) is 0 Å². The first-order valence-electron chi connectivity index (χ1n) is 10.4. The van der Waals surface area contributed by atoms with Gasteiger partial charge in [-0.25, -0.2) is 9.78 Å². The fraction of sp³-hybridized carbons (Fsp3) is 0.381. The maximum atomic E-state index is 12.4. The quantitative estimate of drug-likeness (QED) is 0.367. The molecular weight excluding hydrogens is 430 g/mol. The molecule has 1 aromatic carbocycles. The number of benzene rings is 1. The summed E-state index contributed by atoms with van der Waals surface area (Å²) in [6.07, 6.45) is -0.544. The van der Waals surface area contributed by atoms with E-state index in [-0.39, 0.29) is 18.8 Å². The molecule has 0 spiro atoms. The molecule has 1 aliphatic rings. The summed E-state index contributed by atoms with van der Waals surface area (Å²) in [6, 6.07) is 5.55. The standard InChI is InChI=1S/C21H27N7O5/c1-12-17(18(22)26-21(23)24-12)28-10-8-27(9-11-28)14-4-2-13(3-5-14)19(31)25-15(20(32)33)6-7-16(29)30/h2-5,15H,6-11H2,1H3,(H,25,31)(H,29,30)(H,32,33)(H4,22,23,24,26). The van der Waals surface area contributed by atoms with Crippen molar-refractivity contribution in [3.8, 4) is 0 Å². The van der Waals surface area contributed by atoms with Gasteiger partial charge in [0.1, 0.15) is 11.7 Å². The molecule has 0 aliphatic carbocycles. The molecule has 176 valence electrons. The van der Waals surface area contributed by atoms with Crippen LogP contribution in [-0.4, -0.2) is 70.2 Å². The van der Waals surface area contributed by atoms with Gasteiger partial charge in [0.05, 0.1) is 5.69 Å². The van der Waals surface area contributed by atoms with E-state index in [1.54, 1.807) is 24.3 Å². The van der Waals surface area contributed by atoms with Gasteiger partial charge in [-0.2, -0.15) is 4.98 Å². The number of hydrogen-bond acceptors (Lipinski definition) is 9. The lowest BCUT2D eigenvalue weighted by Crippen LogP contribution is -2.47. The molecule has 1 fully saturated rings. The van der Waals surface area contributed by atoms with E-state index in [1.807, 2.05) is 6.92 Å². The van der Waals surface area contributed by atoms with Crippen LogP contribution in [0.3, 0.4) is 0 Å². The summed E-state index contributed by atoms with van der Waals surface area (Å²) in [7, 11) is 0. The summed E-state index contributed by atoms with van der Waals surface area (Å²) in [5, 5.41) is 20.3. The largest absolute Gasteiger partial charge is 0.481 e. The van der Waals surface area contributed by atoms with Gasteiger partial charge in [0.25, 0.3) is 5.91 Å². The maximum Gasteiger partial charge on any atom is 0.326 e. The highest BCUT2D eigenvalue weighted by Crippen LogP contribution is 2.27. The molecule has 2 heterocycles. The minimum Gasteiger partial charge on any atom is -0.481 e. The van der Waals surface area contributed by atoms with Crippen molar-refractivity contribution >= 4 is 41.0 Å². The number of nitrogens with two attached hydrogens (primary N) is 2. The summed E-state index contributed by atoms with van der Waals surface area (Å²) in [5.74, 6) is -2.47. The number of carbonyl (C=O) groups is 3. The van der Waals surface area contributed by atoms with Gasteiger partial charge in [0.15, 0.2) is 5.82 Å². The maximum absolute atomic E-state index is 12.4. The SMILES string of the molecule is Cc1nc(N)nc(N)c1N1CCN(c2ccc(C(=O)NC(CCC(=O)O)C(=O)O)cc2)CC1. The highest BCUT2D eigenvalue weighted by Gasteiger charge is 2.24. The summed E-state index contributed by atoms with van der Waals surface area (Å²) < 4.78 is 0. The fourth-order valence-corrected chi connectivity index (χ4v) is 3.78. The Labute approximate surface area is 190 Å². The van der Waals surface area contributed by atoms with E-state index in [1.165, 1.54) is 0 Å². The number of carbonyl (C=O) groups excluding carboxylic acids is 1. The molecule has 1 aliphatic heterocycles. The minimum absolute atomic E-state index is 0.146. The Bertz CT molecular complexity index is 1010. The molecule has 12 heteroatoms. The van der Waals surface area contributed by atoms with E-state index < -0.39 is 23.9 Å². The van der Waals surface area contributed by atoms with Gasteiger partial charge < -0.3 is 36.8 Å². The number of nitrogens with one attached hydrogen (secondary N) is 1. The Kier molecular flexibility index (Phi) is 7.16. The molecule has 0 radical (unpaired) electrons. The number of piperazine rings is 1. The van der Waals surface area contributed by atoms with Gasteiger partial charge in [-0.3, -0.25) is 9.59 Å². The van der Waals surface area contributed by atoms with Crippen molar-refractivity contribution in [3.63, 3.8) is 0 Å². The van der Waals surface area contributed by atoms with Crippen LogP contribution in [0.15, 0.2) is 24.3 Å². The number of nitrogens with zero attached hydrogens (tertiary/aromatic N) is 4. The van der Waals surface area contributed by atoms with Gasteiger partial charge >= 0.3 is 11.9 Å². The summed E-state index contributed by atoms with van der Waals surface area (Å²) >= 11 is 0. The second-order valence-electron chi connectivity index (χ2n) is 7.72. The monoisotopic (exact) mass is 457 g/mol. The average molecular weight is 457 g/mol. The number of nitrogen functional groups attached to an aromatic ring is 2. The highest BCUT2D eigenvalue weighted by atomic mass is 16.4. The van der Waals surface area contributed by atoms with E-state index in [4.69, 9.17) is 16.6 Å². The Balaban J connectivity index is 1.60. The third-order valence-electron chi connectivity index (χ3n) is 5.44. The normalized spacial score (nSPS) is 14.6. The van der Waals surface area contributed by atoms with Crippen LogP contribution in [-0.2, 0) is 9.59 Å². The van der Waals surface area contributed by atoms with Gasteiger partial charge in [0, 0.05) is 43.9 Å². The van der Waals surface area contributed by atoms with Crippen LogP contribution < -0.4 is 26.6 Å². The van der Waals surface area contributed by atoms with E-state index in [9.17, 15) is 19.5 Å². The van der Waals surface area contributed by atoms with Crippen LogP contribution in [0.4, 0.5) is 23.1 Å². The smallest absolute Gasteiger partial charge is 0.326 e. The minimum atomic E-state index is -1.28. The second kappa shape index (κ2) is 10.0. The molecule has 1 amide bonds. The third-order valence-corrected chi connectivity index (χ3v) is 5.44. The lowest BCUT2D eigenvalue weighted by molar-refractivity contribution is -0.140. The summed E-state index contributed by atoms with van der Waals surface area (Å²) in [6.45, 7) is 4.67. The number of rotatable bonds is 8. The Morgan fingerprint density at radius 1 is 1.03 bits per heavy atom. The first-order chi connectivity index (χ1) is 15.7. The number of amides is 1. The zero-order valence-corrected chi connectivity index (χ0v) is 18.2. The summed E-state index contributed by atoms with van der Waals surface area (Å²) in [4.78, 5) is 46.9. The molecule has 7 N–H and O–H groups in total. The van der Waals surface area contributed by atoms with Crippen molar-refractivity contribution < 1.29 is 24.6 Å². The van der Waals surface area contributed by atoms with E-state index >= 15 is 0 Å². The van der Waals surface area contributed by atoms with Crippen molar-refractivity contribution in [2.45, 2.75) is 25.8 Å². The van der Waals surface area contributed by atoms with Crippen LogP contribution in [0.2, 0.25) is 0 Å². The molecule has 12 nitrogen and oxygen atoms in total. The number of aliphatic carboxylic acids is 2. The van der Waals surface area contributed by atoms with Crippen molar-refractivity contribution in [2.24, 2.45) is 0 Å². The predicted molar refractivity (Wildman–Crippen MR) is 122 cm³/mol. The number of hydrogen-bond donors (Lipinski definition) is 5. The van der Waals surface area contributed by atoms with Crippen molar-refractivity contribution in [2.75, 3.05) is 47.4 Å². The van der Waals surface area contributed by atoms with Gasteiger partial charge in [0.2, 0.25) is 5.95 Å². The van der Waals surface area contributed by atoms with Crippen LogP contribution in [0.1, 0.15) is 28.9 Å². The lowest BCUT2D eigenvalue weighted by atomic mass is 10.1. The molecule has 1 aromatic heterocycles. The number of carboxylic acids is 2. The van der Waals surface area contributed by atoms with E-state index in [2.05, 4.69) is 25.1 Å². The zero-order chi connectivity index (χ0) is 24.1. The van der Waals surface area contributed by atoms with Crippen LogP contribution >= 0.6 is 0 Å². The summed E-state index contributed by atoms with van der Waals surface area (Å²) in [5.41, 5.74) is 14.4. The number of carboxylic acid groups (broad SMARTS) is 2. The molecule has 0 saturated carbocycles. The molecule has 3 rings (SSSR count). The molecule has 1 unspecified atom stereocenters. The highest BCUT2D eigenvalue weighted by molar-refractivity contribution is 5.97.